The van der Waals surface area contributed by atoms with E-state index in [2.05, 4.69) is 27.9 Å². The van der Waals surface area contributed by atoms with Crippen molar-refractivity contribution in [3.05, 3.63) is 50.6 Å². The third kappa shape index (κ3) is 3.30. The zero-order chi connectivity index (χ0) is 14.0. The lowest BCUT2D eigenvalue weighted by Gasteiger charge is -2.13. The van der Waals surface area contributed by atoms with Gasteiger partial charge in [0.1, 0.15) is 0 Å². The van der Waals surface area contributed by atoms with Crippen molar-refractivity contribution in [2.75, 3.05) is 11.1 Å². The second kappa shape index (κ2) is 5.66. The van der Waals surface area contributed by atoms with Gasteiger partial charge in [-0.15, -0.1) is 0 Å². The molecule has 0 aromatic heterocycles. The highest BCUT2D eigenvalue weighted by molar-refractivity contribution is 14.1. The first-order valence-electron chi connectivity index (χ1n) is 5.39. The number of primary amides is 1. The van der Waals surface area contributed by atoms with Crippen LogP contribution in [-0.4, -0.2) is 5.91 Å². The number of hydrogen-bond donors (Lipinski definition) is 3. The number of nitrogen functional groups attached to an aromatic ring is 1. The van der Waals surface area contributed by atoms with Crippen molar-refractivity contribution in [3.8, 4) is 0 Å². The first-order valence-corrected chi connectivity index (χ1v) is 6.84. The summed E-state index contributed by atoms with van der Waals surface area (Å²) in [6, 6.07) is 10.7. The van der Waals surface area contributed by atoms with Crippen molar-refractivity contribution in [2.24, 2.45) is 5.73 Å². The van der Waals surface area contributed by atoms with E-state index in [0.29, 0.717) is 16.4 Å². The summed E-state index contributed by atoms with van der Waals surface area (Å²) >= 11 is 8.32. The molecule has 0 aliphatic heterocycles. The number of nitrogens with two attached hydrogens (primary N) is 2. The fourth-order valence-corrected chi connectivity index (χ4v) is 2.26. The van der Waals surface area contributed by atoms with Crippen LogP contribution >= 0.6 is 34.2 Å². The third-order valence-corrected chi connectivity index (χ3v) is 3.51. The Bertz CT molecular complexity index is 629. The SMILES string of the molecule is NC(=O)c1cc(N)cc(Cl)c1Nc1ccc(I)cc1. The summed E-state index contributed by atoms with van der Waals surface area (Å²) in [5, 5.41) is 3.44. The van der Waals surface area contributed by atoms with Crippen molar-refractivity contribution in [1.82, 2.24) is 0 Å². The van der Waals surface area contributed by atoms with Gasteiger partial charge in [0.2, 0.25) is 0 Å². The molecule has 98 valence electrons. The molecule has 4 nitrogen and oxygen atoms in total. The molecule has 0 saturated heterocycles. The normalized spacial score (nSPS) is 10.2. The van der Waals surface area contributed by atoms with Crippen LogP contribution in [0.15, 0.2) is 36.4 Å². The maximum absolute atomic E-state index is 11.4. The molecule has 0 bridgehead atoms. The molecule has 0 aliphatic carbocycles. The highest BCUT2D eigenvalue weighted by Gasteiger charge is 2.13. The standard InChI is InChI=1S/C13H11ClIN3O/c14-11-6-8(16)5-10(13(17)19)12(11)18-9-3-1-7(15)2-4-9/h1-6,18H,16H2,(H2,17,19). The molecule has 0 saturated carbocycles. The number of amides is 1. The second-order valence-electron chi connectivity index (χ2n) is 3.92. The zero-order valence-electron chi connectivity index (χ0n) is 9.78. The van der Waals surface area contributed by atoms with E-state index in [1.54, 1.807) is 6.07 Å². The topological polar surface area (TPSA) is 81.1 Å². The van der Waals surface area contributed by atoms with Crippen molar-refractivity contribution >= 4 is 57.2 Å². The first kappa shape index (κ1) is 14.0. The van der Waals surface area contributed by atoms with E-state index in [9.17, 15) is 4.79 Å². The van der Waals surface area contributed by atoms with Crippen molar-refractivity contribution in [2.45, 2.75) is 0 Å². The summed E-state index contributed by atoms with van der Waals surface area (Å²) in [7, 11) is 0. The quantitative estimate of drug-likeness (QED) is 0.558. The average molecular weight is 388 g/mol. The summed E-state index contributed by atoms with van der Waals surface area (Å²) in [6.45, 7) is 0. The molecular formula is C13H11ClIN3O. The molecule has 2 rings (SSSR count). The largest absolute Gasteiger partial charge is 0.399 e. The summed E-state index contributed by atoms with van der Waals surface area (Å²) < 4.78 is 1.11. The highest BCUT2D eigenvalue weighted by Crippen LogP contribution is 2.31. The molecule has 0 unspecified atom stereocenters. The molecule has 0 atom stereocenters. The number of nitrogens with one attached hydrogen (secondary N) is 1. The Morgan fingerprint density at radius 2 is 1.84 bits per heavy atom. The summed E-state index contributed by atoms with van der Waals surface area (Å²) in [5.74, 6) is -0.581. The van der Waals surface area contributed by atoms with Crippen LogP contribution in [0.5, 0.6) is 0 Å². The van der Waals surface area contributed by atoms with Crippen LogP contribution < -0.4 is 16.8 Å². The number of carbonyl (C=O) groups excluding carboxylic acids is 1. The smallest absolute Gasteiger partial charge is 0.250 e. The van der Waals surface area contributed by atoms with Crippen molar-refractivity contribution in [3.63, 3.8) is 0 Å². The van der Waals surface area contributed by atoms with Gasteiger partial charge in [0.15, 0.2) is 0 Å². The van der Waals surface area contributed by atoms with Crippen molar-refractivity contribution in [1.29, 1.82) is 0 Å². The van der Waals surface area contributed by atoms with Crippen LogP contribution in [0.1, 0.15) is 10.4 Å². The summed E-state index contributed by atoms with van der Waals surface area (Å²) in [4.78, 5) is 11.4. The third-order valence-electron chi connectivity index (χ3n) is 2.49. The lowest BCUT2D eigenvalue weighted by atomic mass is 10.1. The Balaban J connectivity index is 2.44. The second-order valence-corrected chi connectivity index (χ2v) is 5.57. The van der Waals surface area contributed by atoms with Gasteiger partial charge in [0.05, 0.1) is 16.3 Å². The van der Waals surface area contributed by atoms with Crippen LogP contribution in [0.2, 0.25) is 5.02 Å². The summed E-state index contributed by atoms with van der Waals surface area (Å²) in [5.41, 5.74) is 12.9. The van der Waals surface area contributed by atoms with E-state index in [-0.39, 0.29) is 5.56 Å². The monoisotopic (exact) mass is 387 g/mol. The molecule has 0 aliphatic rings. The van der Waals surface area contributed by atoms with Gasteiger partial charge in [-0.3, -0.25) is 4.79 Å². The number of benzene rings is 2. The van der Waals surface area contributed by atoms with E-state index in [0.717, 1.165) is 9.26 Å². The Labute approximate surface area is 129 Å². The van der Waals surface area contributed by atoms with Gasteiger partial charge in [-0.2, -0.15) is 0 Å². The maximum Gasteiger partial charge on any atom is 0.250 e. The van der Waals surface area contributed by atoms with Gasteiger partial charge in [-0.05, 0) is 59.0 Å². The number of rotatable bonds is 3. The summed E-state index contributed by atoms with van der Waals surface area (Å²) in [6.07, 6.45) is 0. The average Bonchev–Trinajstić information content (AvgIpc) is 2.34. The molecule has 19 heavy (non-hydrogen) atoms. The Morgan fingerprint density at radius 1 is 1.21 bits per heavy atom. The van der Waals surface area contributed by atoms with Crippen LogP contribution in [0.25, 0.3) is 0 Å². The van der Waals surface area contributed by atoms with Gasteiger partial charge < -0.3 is 16.8 Å². The molecule has 0 spiro atoms. The zero-order valence-corrected chi connectivity index (χ0v) is 12.7. The first-order chi connectivity index (χ1) is 8.97. The Morgan fingerprint density at radius 3 is 2.42 bits per heavy atom. The van der Waals surface area contributed by atoms with Gasteiger partial charge >= 0.3 is 0 Å². The predicted octanol–water partition coefficient (Wildman–Crippen LogP) is 3.37. The highest BCUT2D eigenvalue weighted by atomic mass is 127. The van der Waals surface area contributed by atoms with E-state index in [4.69, 9.17) is 23.1 Å². The van der Waals surface area contributed by atoms with E-state index >= 15 is 0 Å². The maximum atomic E-state index is 11.4. The predicted molar refractivity (Wildman–Crippen MR) is 86.8 cm³/mol. The van der Waals surface area contributed by atoms with Crippen molar-refractivity contribution < 1.29 is 4.79 Å². The minimum absolute atomic E-state index is 0.267. The number of hydrogen-bond acceptors (Lipinski definition) is 3. The van der Waals surface area contributed by atoms with Crippen LogP contribution in [0, 0.1) is 3.57 Å². The fourth-order valence-electron chi connectivity index (χ4n) is 1.63. The Hall–Kier alpha value is -1.47. The molecule has 2 aromatic carbocycles. The molecule has 5 N–H and O–H groups in total. The molecule has 1 amide bonds. The Kier molecular flexibility index (Phi) is 4.16. The number of carbonyl (C=O) groups is 1. The van der Waals surface area contributed by atoms with Crippen LogP contribution in [0.4, 0.5) is 17.1 Å². The fraction of sp³-hybridized carbons (Fsp3) is 0. The lowest BCUT2D eigenvalue weighted by molar-refractivity contribution is 0.100. The molecular weight excluding hydrogens is 377 g/mol. The van der Waals surface area contributed by atoms with E-state index in [1.165, 1.54) is 6.07 Å². The van der Waals surface area contributed by atoms with Gasteiger partial charge in [-0.1, -0.05) is 11.6 Å². The van der Waals surface area contributed by atoms with E-state index < -0.39 is 5.91 Å². The number of halogens is 2. The number of anilines is 3. The van der Waals surface area contributed by atoms with Gasteiger partial charge in [0.25, 0.3) is 5.91 Å². The van der Waals surface area contributed by atoms with Crippen LogP contribution in [0.3, 0.4) is 0 Å². The lowest BCUT2D eigenvalue weighted by Crippen LogP contribution is -2.14. The van der Waals surface area contributed by atoms with Crippen LogP contribution in [-0.2, 0) is 0 Å². The molecule has 2 aromatic rings. The molecule has 6 heteroatoms. The molecule has 0 fully saturated rings. The molecule has 0 radical (unpaired) electrons. The van der Waals surface area contributed by atoms with Gasteiger partial charge in [0, 0.05) is 14.9 Å². The van der Waals surface area contributed by atoms with E-state index in [1.807, 2.05) is 24.3 Å². The molecule has 0 heterocycles. The minimum Gasteiger partial charge on any atom is -0.399 e. The van der Waals surface area contributed by atoms with Gasteiger partial charge in [-0.25, -0.2) is 0 Å². The minimum atomic E-state index is -0.581.